The molecule has 0 saturated carbocycles. The molecule has 0 spiro atoms. The van der Waals surface area contributed by atoms with Gasteiger partial charge >= 0.3 is 0 Å². The lowest BCUT2D eigenvalue weighted by molar-refractivity contribution is 0.0926. The summed E-state index contributed by atoms with van der Waals surface area (Å²) in [5.74, 6) is 0.962. The molecule has 1 aliphatic heterocycles. The van der Waals surface area contributed by atoms with Crippen LogP contribution in [0.4, 0.5) is 0 Å². The minimum atomic E-state index is -0.0979. The van der Waals surface area contributed by atoms with E-state index in [1.54, 1.807) is 6.20 Å². The number of amides is 1. The lowest BCUT2D eigenvalue weighted by Crippen LogP contribution is -2.32. The Morgan fingerprint density at radius 3 is 2.79 bits per heavy atom. The standard InChI is InChI=1S/C22H26N4O2/c1-13(2)19-11-16(17-12-23-26(14(3)4)21(17)24-19)22(27)25-18-9-10-28-20-8-6-5-7-15(18)20/h5-8,11-14,18H,9-10H2,1-4H3,(H,25,27). The first-order chi connectivity index (χ1) is 13.5. The zero-order valence-corrected chi connectivity index (χ0v) is 16.8. The summed E-state index contributed by atoms with van der Waals surface area (Å²) in [6, 6.07) is 9.89. The first-order valence-corrected chi connectivity index (χ1v) is 9.86. The van der Waals surface area contributed by atoms with Crippen molar-refractivity contribution in [2.45, 2.75) is 52.1 Å². The van der Waals surface area contributed by atoms with Crippen molar-refractivity contribution >= 4 is 16.9 Å². The van der Waals surface area contributed by atoms with Crippen molar-refractivity contribution in [3.8, 4) is 5.75 Å². The van der Waals surface area contributed by atoms with Gasteiger partial charge in [-0.25, -0.2) is 9.67 Å². The molecule has 1 amide bonds. The number of ether oxygens (including phenoxy) is 1. The molecule has 1 unspecified atom stereocenters. The third-order valence-electron chi connectivity index (χ3n) is 5.18. The average molecular weight is 378 g/mol. The Hall–Kier alpha value is -2.89. The Balaban J connectivity index is 1.73. The molecule has 0 aliphatic carbocycles. The van der Waals surface area contributed by atoms with Crippen LogP contribution in [0.5, 0.6) is 5.75 Å². The minimum absolute atomic E-state index is 0.0664. The van der Waals surface area contributed by atoms with Crippen LogP contribution in [-0.4, -0.2) is 27.3 Å². The predicted octanol–water partition coefficient (Wildman–Crippen LogP) is 4.39. The molecule has 4 rings (SSSR count). The summed E-state index contributed by atoms with van der Waals surface area (Å²) in [6.07, 6.45) is 2.50. The van der Waals surface area contributed by atoms with E-state index in [0.717, 1.165) is 34.5 Å². The van der Waals surface area contributed by atoms with Gasteiger partial charge in [-0.1, -0.05) is 32.0 Å². The first kappa shape index (κ1) is 18.5. The van der Waals surface area contributed by atoms with Crippen LogP contribution >= 0.6 is 0 Å². The van der Waals surface area contributed by atoms with Gasteiger partial charge in [0, 0.05) is 23.7 Å². The number of nitrogens with one attached hydrogen (secondary N) is 1. The van der Waals surface area contributed by atoms with Crippen LogP contribution in [0.3, 0.4) is 0 Å². The van der Waals surface area contributed by atoms with E-state index in [1.165, 1.54) is 0 Å². The summed E-state index contributed by atoms with van der Waals surface area (Å²) in [5, 5.41) is 8.47. The number of nitrogens with zero attached hydrogens (tertiary/aromatic N) is 3. The number of hydrogen-bond donors (Lipinski definition) is 1. The van der Waals surface area contributed by atoms with Gasteiger partial charge in [0.05, 0.1) is 29.8 Å². The molecule has 6 heteroatoms. The Labute approximate surface area is 164 Å². The summed E-state index contributed by atoms with van der Waals surface area (Å²) in [6.45, 7) is 8.89. The third-order valence-corrected chi connectivity index (χ3v) is 5.18. The monoisotopic (exact) mass is 378 g/mol. The van der Waals surface area contributed by atoms with Crippen LogP contribution in [0.2, 0.25) is 0 Å². The lowest BCUT2D eigenvalue weighted by atomic mass is 9.99. The SMILES string of the molecule is CC(C)c1cc(C(=O)NC2CCOc3ccccc32)c2cnn(C(C)C)c2n1. The molecule has 0 saturated heterocycles. The van der Waals surface area contributed by atoms with Gasteiger partial charge in [-0.3, -0.25) is 4.79 Å². The molecule has 0 bridgehead atoms. The smallest absolute Gasteiger partial charge is 0.252 e. The van der Waals surface area contributed by atoms with Crippen molar-refractivity contribution in [3.05, 3.63) is 53.3 Å². The van der Waals surface area contributed by atoms with E-state index in [2.05, 4.69) is 38.1 Å². The summed E-state index contributed by atoms with van der Waals surface area (Å²) < 4.78 is 7.59. The number of benzene rings is 1. The van der Waals surface area contributed by atoms with E-state index in [4.69, 9.17) is 9.72 Å². The first-order valence-electron chi connectivity index (χ1n) is 9.86. The lowest BCUT2D eigenvalue weighted by Gasteiger charge is -2.26. The number of rotatable bonds is 4. The highest BCUT2D eigenvalue weighted by Gasteiger charge is 2.25. The molecule has 0 radical (unpaired) electrons. The quantitative estimate of drug-likeness (QED) is 0.731. The van der Waals surface area contributed by atoms with Gasteiger partial charge in [0.1, 0.15) is 5.75 Å². The van der Waals surface area contributed by atoms with Crippen LogP contribution in [0, 0.1) is 0 Å². The van der Waals surface area contributed by atoms with Gasteiger partial charge in [0.2, 0.25) is 0 Å². The van der Waals surface area contributed by atoms with Crippen LogP contribution < -0.4 is 10.1 Å². The largest absolute Gasteiger partial charge is 0.493 e. The van der Waals surface area contributed by atoms with E-state index in [9.17, 15) is 4.79 Å². The highest BCUT2D eigenvalue weighted by Crippen LogP contribution is 2.32. The molecule has 3 aromatic rings. The molecule has 0 fully saturated rings. The fourth-order valence-corrected chi connectivity index (χ4v) is 3.63. The van der Waals surface area contributed by atoms with E-state index < -0.39 is 0 Å². The van der Waals surface area contributed by atoms with Crippen molar-refractivity contribution in [1.82, 2.24) is 20.1 Å². The van der Waals surface area contributed by atoms with Crippen LogP contribution in [-0.2, 0) is 0 Å². The van der Waals surface area contributed by atoms with E-state index in [0.29, 0.717) is 12.2 Å². The Bertz CT molecular complexity index is 1020. The second-order valence-corrected chi connectivity index (χ2v) is 7.87. The summed E-state index contributed by atoms with van der Waals surface area (Å²) in [4.78, 5) is 18.1. The van der Waals surface area contributed by atoms with E-state index >= 15 is 0 Å². The number of para-hydroxylation sites is 1. The second-order valence-electron chi connectivity index (χ2n) is 7.87. The van der Waals surface area contributed by atoms with Gasteiger partial charge in [0.15, 0.2) is 5.65 Å². The van der Waals surface area contributed by atoms with Crippen LogP contribution in [0.1, 0.15) is 73.7 Å². The number of hydrogen-bond acceptors (Lipinski definition) is 4. The summed E-state index contributed by atoms with van der Waals surface area (Å²) >= 11 is 0. The van der Waals surface area contributed by atoms with E-state index in [1.807, 2.05) is 35.0 Å². The summed E-state index contributed by atoms with van der Waals surface area (Å²) in [5.41, 5.74) is 3.31. The maximum Gasteiger partial charge on any atom is 0.252 e. The van der Waals surface area contributed by atoms with Crippen molar-refractivity contribution < 1.29 is 9.53 Å². The van der Waals surface area contributed by atoms with Gasteiger partial charge in [-0.15, -0.1) is 0 Å². The molecule has 3 heterocycles. The molecule has 2 aromatic heterocycles. The Morgan fingerprint density at radius 2 is 2.04 bits per heavy atom. The van der Waals surface area contributed by atoms with Gasteiger partial charge in [-0.2, -0.15) is 5.10 Å². The molecule has 1 aromatic carbocycles. The van der Waals surface area contributed by atoms with Crippen molar-refractivity contribution in [1.29, 1.82) is 0 Å². The molecular weight excluding hydrogens is 352 g/mol. The van der Waals surface area contributed by atoms with Gasteiger partial charge in [0.25, 0.3) is 5.91 Å². The predicted molar refractivity (Wildman–Crippen MR) is 109 cm³/mol. The second kappa shape index (κ2) is 7.26. The highest BCUT2D eigenvalue weighted by atomic mass is 16.5. The van der Waals surface area contributed by atoms with Gasteiger partial charge in [-0.05, 0) is 31.9 Å². The van der Waals surface area contributed by atoms with E-state index in [-0.39, 0.29) is 23.9 Å². The number of carbonyl (C=O) groups is 1. The molecular formula is C22H26N4O2. The van der Waals surface area contributed by atoms with Crippen molar-refractivity contribution in [2.75, 3.05) is 6.61 Å². The number of carbonyl (C=O) groups excluding carboxylic acids is 1. The topological polar surface area (TPSA) is 69.0 Å². The fraction of sp³-hybridized carbons (Fsp3) is 0.409. The Kier molecular flexibility index (Phi) is 4.79. The Morgan fingerprint density at radius 1 is 1.25 bits per heavy atom. The molecule has 1 aliphatic rings. The zero-order chi connectivity index (χ0) is 19.8. The number of aromatic nitrogens is 3. The molecule has 1 atom stereocenters. The van der Waals surface area contributed by atoms with Crippen molar-refractivity contribution in [3.63, 3.8) is 0 Å². The average Bonchev–Trinajstić information content (AvgIpc) is 3.11. The molecule has 146 valence electrons. The third kappa shape index (κ3) is 3.23. The van der Waals surface area contributed by atoms with Crippen LogP contribution in [0.15, 0.2) is 36.5 Å². The zero-order valence-electron chi connectivity index (χ0n) is 16.8. The maximum absolute atomic E-state index is 13.3. The van der Waals surface area contributed by atoms with Gasteiger partial charge < -0.3 is 10.1 Å². The fourth-order valence-electron chi connectivity index (χ4n) is 3.63. The molecule has 1 N–H and O–H groups in total. The number of fused-ring (bicyclic) bond motifs is 2. The van der Waals surface area contributed by atoms with Crippen LogP contribution in [0.25, 0.3) is 11.0 Å². The summed E-state index contributed by atoms with van der Waals surface area (Å²) in [7, 11) is 0. The maximum atomic E-state index is 13.3. The molecule has 6 nitrogen and oxygen atoms in total. The normalized spacial score (nSPS) is 16.3. The van der Waals surface area contributed by atoms with Crippen molar-refractivity contribution in [2.24, 2.45) is 0 Å². The number of pyridine rings is 1. The minimum Gasteiger partial charge on any atom is -0.493 e. The highest BCUT2D eigenvalue weighted by molar-refractivity contribution is 6.05. The molecule has 28 heavy (non-hydrogen) atoms.